The zero-order valence-corrected chi connectivity index (χ0v) is 16.6. The number of nitrogens with zero attached hydrogens (tertiary/aromatic N) is 1. The summed E-state index contributed by atoms with van der Waals surface area (Å²) in [6.07, 6.45) is -3.85. The van der Waals surface area contributed by atoms with Crippen LogP contribution in [0.5, 0.6) is 0 Å². The smallest absolute Gasteiger partial charge is 0.367 e. The highest BCUT2D eigenvalue weighted by Gasteiger charge is 2.31. The molecule has 1 aromatic heterocycles. The Hall–Kier alpha value is -2.33. The molecule has 0 aliphatic heterocycles. The first kappa shape index (κ1) is 22.0. The van der Waals surface area contributed by atoms with Crippen molar-refractivity contribution in [3.8, 4) is 0 Å². The molecule has 0 fully saturated rings. The number of rotatable bonds is 7. The Balaban J connectivity index is 1.72. The second kappa shape index (κ2) is 9.74. The first-order valence-electron chi connectivity index (χ1n) is 7.94. The number of anilines is 1. The van der Waals surface area contributed by atoms with Crippen molar-refractivity contribution in [2.24, 2.45) is 0 Å². The number of carbonyl (C=O) groups excluding carboxylic acids is 2. The molecule has 0 aliphatic rings. The van der Waals surface area contributed by atoms with Crippen LogP contribution in [0.4, 0.5) is 19.0 Å². The van der Waals surface area contributed by atoms with E-state index in [0.717, 1.165) is 10.5 Å². The molecule has 3 N–H and O–H groups in total. The summed E-state index contributed by atoms with van der Waals surface area (Å²) in [5.41, 5.74) is -0.538. The van der Waals surface area contributed by atoms with Gasteiger partial charge < -0.3 is 16.0 Å². The van der Waals surface area contributed by atoms with Crippen molar-refractivity contribution in [3.63, 3.8) is 0 Å². The summed E-state index contributed by atoms with van der Waals surface area (Å²) < 4.78 is 38.4. The standard InChI is InChI=1S/C17H15BrClF3N4O2/c18-12-3-1-2-10(6-12)16(28)26-9-14(27)23-4-5-24-15-13(19)7-11(8-25-15)17(20,21)22/h1-3,6-8H,4-5,9H2,(H,23,27)(H,24,25)(H,26,28). The van der Waals surface area contributed by atoms with Gasteiger partial charge in [-0.1, -0.05) is 33.6 Å². The molecule has 6 nitrogen and oxygen atoms in total. The minimum atomic E-state index is -4.52. The van der Waals surface area contributed by atoms with Crippen LogP contribution in [0.1, 0.15) is 15.9 Å². The van der Waals surface area contributed by atoms with E-state index in [4.69, 9.17) is 11.6 Å². The molecule has 28 heavy (non-hydrogen) atoms. The number of halogens is 5. The lowest BCUT2D eigenvalue weighted by Gasteiger charge is -2.11. The maximum atomic E-state index is 12.6. The van der Waals surface area contributed by atoms with Crippen LogP contribution in [0.2, 0.25) is 5.02 Å². The topological polar surface area (TPSA) is 83.1 Å². The van der Waals surface area contributed by atoms with E-state index in [-0.39, 0.29) is 30.5 Å². The lowest BCUT2D eigenvalue weighted by atomic mass is 10.2. The third-order valence-corrected chi connectivity index (χ3v) is 4.19. The van der Waals surface area contributed by atoms with Gasteiger partial charge in [0.25, 0.3) is 5.91 Å². The maximum absolute atomic E-state index is 12.6. The van der Waals surface area contributed by atoms with Crippen molar-refractivity contribution in [3.05, 3.63) is 57.2 Å². The molecule has 1 aromatic carbocycles. The van der Waals surface area contributed by atoms with Gasteiger partial charge >= 0.3 is 6.18 Å². The van der Waals surface area contributed by atoms with Crippen molar-refractivity contribution >= 4 is 45.2 Å². The molecule has 0 bridgehead atoms. The SMILES string of the molecule is O=C(CNC(=O)c1cccc(Br)c1)NCCNc1ncc(C(F)(F)F)cc1Cl. The van der Waals surface area contributed by atoms with Gasteiger partial charge in [-0.25, -0.2) is 4.98 Å². The van der Waals surface area contributed by atoms with Gasteiger partial charge in [-0.3, -0.25) is 9.59 Å². The summed E-state index contributed by atoms with van der Waals surface area (Å²) in [7, 11) is 0. The van der Waals surface area contributed by atoms with Gasteiger partial charge in [-0.2, -0.15) is 13.2 Å². The van der Waals surface area contributed by atoms with E-state index in [0.29, 0.717) is 11.8 Å². The maximum Gasteiger partial charge on any atom is 0.417 e. The van der Waals surface area contributed by atoms with E-state index in [1.54, 1.807) is 24.3 Å². The Morgan fingerprint density at radius 3 is 2.54 bits per heavy atom. The van der Waals surface area contributed by atoms with Crippen molar-refractivity contribution in [2.75, 3.05) is 25.0 Å². The minimum absolute atomic E-state index is 0.0758. The fourth-order valence-electron chi connectivity index (χ4n) is 2.06. The molecule has 2 aromatic rings. The summed E-state index contributed by atoms with van der Waals surface area (Å²) in [4.78, 5) is 27.3. The van der Waals surface area contributed by atoms with Crippen molar-refractivity contribution in [1.82, 2.24) is 15.6 Å². The van der Waals surface area contributed by atoms with Gasteiger partial charge in [-0.15, -0.1) is 0 Å². The number of hydrogen-bond donors (Lipinski definition) is 3. The molecular weight excluding hydrogens is 465 g/mol. The lowest BCUT2D eigenvalue weighted by Crippen LogP contribution is -2.38. The number of pyridine rings is 1. The first-order valence-corrected chi connectivity index (χ1v) is 9.11. The summed E-state index contributed by atoms with van der Waals surface area (Å²) in [5, 5.41) is 7.58. The average molecular weight is 480 g/mol. The molecule has 0 saturated heterocycles. The fraction of sp³-hybridized carbons (Fsp3) is 0.235. The molecule has 11 heteroatoms. The Morgan fingerprint density at radius 1 is 1.14 bits per heavy atom. The normalized spacial score (nSPS) is 11.0. The predicted molar refractivity (Wildman–Crippen MR) is 102 cm³/mol. The third-order valence-electron chi connectivity index (χ3n) is 3.40. The quantitative estimate of drug-likeness (QED) is 0.531. The number of hydrogen-bond acceptors (Lipinski definition) is 4. The van der Waals surface area contributed by atoms with Gasteiger partial charge in [-0.05, 0) is 24.3 Å². The van der Waals surface area contributed by atoms with E-state index in [9.17, 15) is 22.8 Å². The number of amides is 2. The van der Waals surface area contributed by atoms with Gasteiger partial charge in [0.2, 0.25) is 5.91 Å². The predicted octanol–water partition coefficient (Wildman–Crippen LogP) is 3.47. The highest BCUT2D eigenvalue weighted by molar-refractivity contribution is 9.10. The number of nitrogens with one attached hydrogen (secondary N) is 3. The monoisotopic (exact) mass is 478 g/mol. The van der Waals surface area contributed by atoms with Crippen LogP contribution >= 0.6 is 27.5 Å². The summed E-state index contributed by atoms with van der Waals surface area (Å²) in [5.74, 6) is -0.737. The molecule has 0 saturated carbocycles. The molecule has 2 rings (SSSR count). The highest BCUT2D eigenvalue weighted by Crippen LogP contribution is 2.32. The molecular formula is C17H15BrClF3N4O2. The summed E-state index contributed by atoms with van der Waals surface area (Å²) >= 11 is 9.02. The lowest BCUT2D eigenvalue weighted by molar-refractivity contribution is -0.137. The van der Waals surface area contributed by atoms with Crippen LogP contribution in [-0.2, 0) is 11.0 Å². The molecule has 0 aliphatic carbocycles. The number of aromatic nitrogens is 1. The zero-order valence-electron chi connectivity index (χ0n) is 14.2. The summed E-state index contributed by atoms with van der Waals surface area (Å²) in [6, 6.07) is 7.48. The van der Waals surface area contributed by atoms with Crippen molar-refractivity contribution < 1.29 is 22.8 Å². The number of carbonyl (C=O) groups is 2. The van der Waals surface area contributed by atoms with Crippen LogP contribution in [0, 0.1) is 0 Å². The highest BCUT2D eigenvalue weighted by atomic mass is 79.9. The van der Waals surface area contributed by atoms with Crippen molar-refractivity contribution in [1.29, 1.82) is 0 Å². The molecule has 0 radical (unpaired) electrons. The van der Waals surface area contributed by atoms with Gasteiger partial charge in [0.05, 0.1) is 17.1 Å². The van der Waals surface area contributed by atoms with Crippen molar-refractivity contribution in [2.45, 2.75) is 6.18 Å². The van der Waals surface area contributed by atoms with Crippen LogP contribution < -0.4 is 16.0 Å². The second-order valence-electron chi connectivity index (χ2n) is 5.52. The zero-order chi connectivity index (χ0) is 20.7. The molecule has 0 atom stereocenters. The van der Waals surface area contributed by atoms with E-state index >= 15 is 0 Å². The number of alkyl halides is 3. The molecule has 1 heterocycles. The Bertz CT molecular complexity index is 865. The molecule has 0 spiro atoms. The van der Waals surface area contributed by atoms with Crippen LogP contribution in [0.15, 0.2) is 41.0 Å². The van der Waals surface area contributed by atoms with E-state index in [1.807, 2.05) is 0 Å². The summed E-state index contributed by atoms with van der Waals surface area (Å²) in [6.45, 7) is 0.124. The molecule has 2 amide bonds. The van der Waals surface area contributed by atoms with E-state index < -0.39 is 23.6 Å². The number of benzene rings is 1. The largest absolute Gasteiger partial charge is 0.417 e. The molecule has 0 unspecified atom stereocenters. The Labute approximate surface area is 172 Å². The van der Waals surface area contributed by atoms with Crippen LogP contribution in [0.3, 0.4) is 0 Å². The molecule has 150 valence electrons. The Kier molecular flexibility index (Phi) is 7.64. The Morgan fingerprint density at radius 2 is 1.89 bits per heavy atom. The van der Waals surface area contributed by atoms with E-state index in [2.05, 4.69) is 36.9 Å². The average Bonchev–Trinajstić information content (AvgIpc) is 2.63. The second-order valence-corrected chi connectivity index (χ2v) is 6.84. The first-order chi connectivity index (χ1) is 13.2. The van der Waals surface area contributed by atoms with E-state index in [1.165, 1.54) is 0 Å². The van der Waals surface area contributed by atoms with Gasteiger partial charge in [0.1, 0.15) is 5.82 Å². The third kappa shape index (κ3) is 6.68. The van der Waals surface area contributed by atoms with Gasteiger partial charge in [0, 0.05) is 29.3 Å². The minimum Gasteiger partial charge on any atom is -0.367 e. The fourth-order valence-corrected chi connectivity index (χ4v) is 2.69. The van der Waals surface area contributed by atoms with Gasteiger partial charge in [0.15, 0.2) is 0 Å². The van der Waals surface area contributed by atoms with Crippen LogP contribution in [0.25, 0.3) is 0 Å². The van der Waals surface area contributed by atoms with Crippen LogP contribution in [-0.4, -0.2) is 36.4 Å².